The lowest BCUT2D eigenvalue weighted by atomic mass is 10.1. The van der Waals surface area contributed by atoms with Gasteiger partial charge >= 0.3 is 6.18 Å². The maximum Gasteiger partial charge on any atom is 0.416 e. The molecule has 10 heteroatoms. The second-order valence-corrected chi connectivity index (χ2v) is 7.54. The van der Waals surface area contributed by atoms with Crippen molar-refractivity contribution in [1.29, 1.82) is 0 Å². The number of nitrogens with two attached hydrogens (primary N) is 1. The molecule has 2 aromatic rings. The zero-order valence-electron chi connectivity index (χ0n) is 15.1. The van der Waals surface area contributed by atoms with Gasteiger partial charge in [-0.2, -0.15) is 13.2 Å². The summed E-state index contributed by atoms with van der Waals surface area (Å²) in [5, 5.41) is 8.65. The molecule has 0 amide bonds. The Balaban J connectivity index is 1.42. The zero-order valence-corrected chi connectivity index (χ0v) is 15.9. The van der Waals surface area contributed by atoms with Gasteiger partial charge in [-0.25, -0.2) is 4.68 Å². The van der Waals surface area contributed by atoms with Crippen LogP contribution in [0.5, 0.6) is 0 Å². The van der Waals surface area contributed by atoms with Crippen molar-refractivity contribution < 1.29 is 13.2 Å². The highest BCUT2D eigenvalue weighted by Gasteiger charge is 2.31. The number of aromatic nitrogens is 3. The largest absolute Gasteiger partial charge is 0.416 e. The molecular formula is C17H23F3N6S. The van der Waals surface area contributed by atoms with Gasteiger partial charge < -0.3 is 10.7 Å². The van der Waals surface area contributed by atoms with Crippen LogP contribution in [0.4, 0.5) is 18.9 Å². The van der Waals surface area contributed by atoms with Crippen LogP contribution < -0.4 is 10.7 Å². The van der Waals surface area contributed by atoms with Gasteiger partial charge in [0.15, 0.2) is 0 Å². The first kappa shape index (κ1) is 19.8. The fraction of sp³-hybridized carbons (Fsp3) is 0.529. The van der Waals surface area contributed by atoms with E-state index in [0.29, 0.717) is 16.7 Å². The molecule has 0 unspecified atom stereocenters. The first-order valence-corrected chi connectivity index (χ1v) is 9.77. The maximum atomic E-state index is 12.9. The Hall–Kier alpha value is -1.94. The second-order valence-electron chi connectivity index (χ2n) is 6.48. The average Bonchev–Trinajstić information content (AvgIpc) is 2.97. The summed E-state index contributed by atoms with van der Waals surface area (Å²) in [7, 11) is 0. The molecular weight excluding hydrogens is 377 g/mol. The number of benzene rings is 1. The number of hydrogen-bond acceptors (Lipinski definition) is 6. The van der Waals surface area contributed by atoms with Crippen LogP contribution in [0.15, 0.2) is 29.4 Å². The Bertz CT molecular complexity index is 755. The number of piperazine rings is 1. The summed E-state index contributed by atoms with van der Waals surface area (Å²) in [6.07, 6.45) is -3.32. The molecule has 6 nitrogen and oxygen atoms in total. The van der Waals surface area contributed by atoms with Gasteiger partial charge in [0, 0.05) is 37.6 Å². The minimum absolute atomic E-state index is 0.595. The molecule has 1 saturated heterocycles. The van der Waals surface area contributed by atoms with Crippen molar-refractivity contribution in [2.45, 2.75) is 24.7 Å². The Labute approximate surface area is 160 Å². The van der Waals surface area contributed by atoms with Crippen molar-refractivity contribution in [3.8, 4) is 0 Å². The van der Waals surface area contributed by atoms with Crippen LogP contribution >= 0.6 is 11.8 Å². The molecule has 0 spiro atoms. The molecule has 2 heterocycles. The van der Waals surface area contributed by atoms with Gasteiger partial charge in [0.1, 0.15) is 5.82 Å². The number of hydrogen-bond donors (Lipinski definition) is 1. The number of aryl methyl sites for hydroxylation is 1. The standard InChI is InChI=1S/C17H23F3N6S/c1-13-22-23-16(26(13)21)27-11-3-6-24-7-9-25(10-8-24)15-5-2-4-14(12-15)17(18,19)20/h2,4-5,12H,3,6-11,21H2,1H3. The highest BCUT2D eigenvalue weighted by molar-refractivity contribution is 7.99. The van der Waals surface area contributed by atoms with Crippen LogP contribution in [0.1, 0.15) is 17.8 Å². The summed E-state index contributed by atoms with van der Waals surface area (Å²) >= 11 is 1.58. The summed E-state index contributed by atoms with van der Waals surface area (Å²) in [4.78, 5) is 4.35. The van der Waals surface area contributed by atoms with Crippen LogP contribution in [0.3, 0.4) is 0 Å². The third-order valence-electron chi connectivity index (χ3n) is 4.60. The second kappa shape index (κ2) is 8.39. The van der Waals surface area contributed by atoms with Gasteiger partial charge in [-0.15, -0.1) is 10.2 Å². The van der Waals surface area contributed by atoms with Gasteiger partial charge in [0.25, 0.3) is 0 Å². The molecule has 148 valence electrons. The molecule has 0 saturated carbocycles. The van der Waals surface area contributed by atoms with Crippen molar-refractivity contribution in [3.05, 3.63) is 35.7 Å². The third-order valence-corrected chi connectivity index (χ3v) is 5.63. The van der Waals surface area contributed by atoms with E-state index in [4.69, 9.17) is 5.84 Å². The number of anilines is 1. The lowest BCUT2D eigenvalue weighted by molar-refractivity contribution is -0.137. The van der Waals surface area contributed by atoms with Crippen molar-refractivity contribution in [3.63, 3.8) is 0 Å². The summed E-state index contributed by atoms with van der Waals surface area (Å²) in [5.74, 6) is 7.40. The quantitative estimate of drug-likeness (QED) is 0.457. The number of alkyl halides is 3. The SMILES string of the molecule is Cc1nnc(SCCCN2CCN(c3cccc(C(F)(F)F)c3)CC2)n1N. The van der Waals surface area contributed by atoms with Crippen LogP contribution in [0.2, 0.25) is 0 Å². The normalized spacial score (nSPS) is 16.1. The monoisotopic (exact) mass is 400 g/mol. The van der Waals surface area contributed by atoms with Crippen molar-refractivity contribution in [1.82, 2.24) is 19.8 Å². The summed E-state index contributed by atoms with van der Waals surface area (Å²) in [6.45, 7) is 5.89. The molecule has 27 heavy (non-hydrogen) atoms. The predicted molar refractivity (Wildman–Crippen MR) is 100 cm³/mol. The smallest absolute Gasteiger partial charge is 0.369 e. The van der Waals surface area contributed by atoms with Gasteiger partial charge in [0.05, 0.1) is 5.56 Å². The van der Waals surface area contributed by atoms with Crippen LogP contribution in [-0.2, 0) is 6.18 Å². The number of nitrogen functional groups attached to an aromatic ring is 1. The van der Waals surface area contributed by atoms with Gasteiger partial charge in [-0.05, 0) is 38.1 Å². The van der Waals surface area contributed by atoms with E-state index in [0.717, 1.165) is 51.0 Å². The maximum absolute atomic E-state index is 12.9. The van der Waals surface area contributed by atoms with Crippen molar-refractivity contribution in [2.24, 2.45) is 0 Å². The fourth-order valence-corrected chi connectivity index (χ4v) is 3.83. The zero-order chi connectivity index (χ0) is 19.4. The van der Waals surface area contributed by atoms with E-state index in [9.17, 15) is 13.2 Å². The Kier molecular flexibility index (Phi) is 6.15. The Morgan fingerprint density at radius 2 is 1.89 bits per heavy atom. The van der Waals surface area contributed by atoms with Crippen LogP contribution in [0, 0.1) is 6.92 Å². The van der Waals surface area contributed by atoms with Crippen molar-refractivity contribution >= 4 is 17.4 Å². The number of halogens is 3. The minimum atomic E-state index is -4.30. The van der Waals surface area contributed by atoms with E-state index < -0.39 is 11.7 Å². The third kappa shape index (κ3) is 5.07. The lowest BCUT2D eigenvalue weighted by Gasteiger charge is -2.36. The molecule has 1 fully saturated rings. The van der Waals surface area contributed by atoms with E-state index in [-0.39, 0.29) is 0 Å². The van der Waals surface area contributed by atoms with E-state index in [1.807, 2.05) is 4.90 Å². The van der Waals surface area contributed by atoms with Crippen molar-refractivity contribution in [2.75, 3.05) is 49.2 Å². The number of thioether (sulfide) groups is 1. The lowest BCUT2D eigenvalue weighted by Crippen LogP contribution is -2.46. The number of rotatable bonds is 6. The molecule has 0 bridgehead atoms. The highest BCUT2D eigenvalue weighted by Crippen LogP contribution is 2.31. The van der Waals surface area contributed by atoms with Crippen LogP contribution in [0.25, 0.3) is 0 Å². The van der Waals surface area contributed by atoms with Gasteiger partial charge in [-0.1, -0.05) is 17.8 Å². The van der Waals surface area contributed by atoms with E-state index in [1.54, 1.807) is 24.8 Å². The first-order chi connectivity index (χ1) is 12.8. The summed E-state index contributed by atoms with van der Waals surface area (Å²) in [6, 6.07) is 5.56. The average molecular weight is 400 g/mol. The Morgan fingerprint density at radius 3 is 2.52 bits per heavy atom. The van der Waals surface area contributed by atoms with Gasteiger partial charge in [0.2, 0.25) is 5.16 Å². The first-order valence-electron chi connectivity index (χ1n) is 8.79. The summed E-state index contributed by atoms with van der Waals surface area (Å²) < 4.78 is 40.1. The van der Waals surface area contributed by atoms with E-state index in [2.05, 4.69) is 15.1 Å². The van der Waals surface area contributed by atoms with Crippen LogP contribution in [-0.4, -0.2) is 58.3 Å². The fourth-order valence-electron chi connectivity index (χ4n) is 3.01. The molecule has 0 radical (unpaired) electrons. The number of nitrogens with zero attached hydrogens (tertiary/aromatic N) is 5. The molecule has 3 rings (SSSR count). The highest BCUT2D eigenvalue weighted by atomic mass is 32.2. The van der Waals surface area contributed by atoms with Gasteiger partial charge in [-0.3, -0.25) is 4.90 Å². The molecule has 1 aliphatic heterocycles. The molecule has 1 aliphatic rings. The molecule has 0 aliphatic carbocycles. The molecule has 2 N–H and O–H groups in total. The molecule has 0 atom stereocenters. The predicted octanol–water partition coefficient (Wildman–Crippen LogP) is 2.62. The topological polar surface area (TPSA) is 63.2 Å². The summed E-state index contributed by atoms with van der Waals surface area (Å²) in [5.41, 5.74) is 0.0418. The Morgan fingerprint density at radius 1 is 1.15 bits per heavy atom. The minimum Gasteiger partial charge on any atom is -0.369 e. The van der Waals surface area contributed by atoms with E-state index in [1.165, 1.54) is 16.8 Å². The van der Waals surface area contributed by atoms with E-state index >= 15 is 0 Å². The molecule has 1 aromatic heterocycles. The molecule has 1 aromatic carbocycles.